The van der Waals surface area contributed by atoms with Crippen LogP contribution in [0.4, 0.5) is 0 Å². The summed E-state index contributed by atoms with van der Waals surface area (Å²) in [7, 11) is 0. The summed E-state index contributed by atoms with van der Waals surface area (Å²) in [4.78, 5) is 2.64. The van der Waals surface area contributed by atoms with Gasteiger partial charge in [0.05, 0.1) is 0 Å². The molecule has 4 aromatic rings. The molecule has 4 rings (SSSR count). The summed E-state index contributed by atoms with van der Waals surface area (Å²) in [6.45, 7) is 4.36. The van der Waals surface area contributed by atoms with Gasteiger partial charge < -0.3 is 0 Å². The number of rotatable bonds is 2. The van der Waals surface area contributed by atoms with Crippen LogP contribution in [-0.2, 0) is 0 Å². The van der Waals surface area contributed by atoms with Crippen LogP contribution < -0.4 is 0 Å². The molecule has 4 aromatic carbocycles. The second-order valence-corrected chi connectivity index (χ2v) is 7.04. The molecule has 0 radical (unpaired) electrons. The SMILES string of the molecule is Cc1ccc(Sc2ccc(C)c3ccccc23)c2ccccc12. The minimum Gasteiger partial charge on any atom is -0.0888 e. The smallest absolute Gasteiger partial charge is 0.0201 e. The van der Waals surface area contributed by atoms with Crippen molar-refractivity contribution < 1.29 is 0 Å². The van der Waals surface area contributed by atoms with Gasteiger partial charge in [0, 0.05) is 9.79 Å². The summed E-state index contributed by atoms with van der Waals surface area (Å²) in [5.74, 6) is 0. The van der Waals surface area contributed by atoms with Crippen molar-refractivity contribution >= 4 is 33.3 Å². The molecule has 0 amide bonds. The van der Waals surface area contributed by atoms with Crippen LogP contribution in [0.5, 0.6) is 0 Å². The minimum absolute atomic E-state index is 1.32. The standard InChI is InChI=1S/C22H18S/c1-15-11-13-21(19-9-5-3-7-17(15)19)23-22-14-12-16(2)18-8-4-6-10-20(18)22/h3-14H,1-2H3. The van der Waals surface area contributed by atoms with Gasteiger partial charge in [-0.3, -0.25) is 0 Å². The van der Waals surface area contributed by atoms with Crippen LogP contribution in [0.2, 0.25) is 0 Å². The molecule has 0 fully saturated rings. The van der Waals surface area contributed by atoms with Crippen LogP contribution in [0.25, 0.3) is 21.5 Å². The quantitative estimate of drug-likeness (QED) is 0.394. The maximum absolute atomic E-state index is 2.25. The van der Waals surface area contributed by atoms with Crippen molar-refractivity contribution in [2.24, 2.45) is 0 Å². The lowest BCUT2D eigenvalue weighted by molar-refractivity contribution is 1.42. The van der Waals surface area contributed by atoms with Crippen molar-refractivity contribution in [3.05, 3.63) is 83.9 Å². The van der Waals surface area contributed by atoms with E-state index in [0.717, 1.165) is 0 Å². The molecule has 0 aliphatic carbocycles. The predicted molar refractivity (Wildman–Crippen MR) is 101 cm³/mol. The van der Waals surface area contributed by atoms with Crippen LogP contribution in [0.1, 0.15) is 11.1 Å². The van der Waals surface area contributed by atoms with Gasteiger partial charge in [-0.1, -0.05) is 72.4 Å². The first-order valence-corrected chi connectivity index (χ1v) is 8.70. The molecular formula is C22H18S. The van der Waals surface area contributed by atoms with E-state index in [0.29, 0.717) is 0 Å². The summed E-state index contributed by atoms with van der Waals surface area (Å²) < 4.78 is 0. The molecule has 0 N–H and O–H groups in total. The fourth-order valence-electron chi connectivity index (χ4n) is 3.14. The first-order valence-electron chi connectivity index (χ1n) is 7.88. The van der Waals surface area contributed by atoms with Gasteiger partial charge in [-0.15, -0.1) is 0 Å². The normalized spacial score (nSPS) is 11.2. The zero-order valence-electron chi connectivity index (χ0n) is 13.3. The molecule has 0 atom stereocenters. The molecule has 0 spiro atoms. The van der Waals surface area contributed by atoms with E-state index in [-0.39, 0.29) is 0 Å². The monoisotopic (exact) mass is 314 g/mol. The van der Waals surface area contributed by atoms with Crippen LogP contribution in [0.3, 0.4) is 0 Å². The van der Waals surface area contributed by atoms with E-state index < -0.39 is 0 Å². The number of benzene rings is 4. The van der Waals surface area contributed by atoms with E-state index in [4.69, 9.17) is 0 Å². The van der Waals surface area contributed by atoms with Gasteiger partial charge in [-0.25, -0.2) is 0 Å². The minimum atomic E-state index is 1.32. The Morgan fingerprint density at radius 2 is 0.870 bits per heavy atom. The molecule has 112 valence electrons. The molecule has 0 bridgehead atoms. The maximum Gasteiger partial charge on any atom is 0.0201 e. The molecular weight excluding hydrogens is 296 g/mol. The Hall–Kier alpha value is -2.25. The molecule has 1 heteroatoms. The van der Waals surface area contributed by atoms with Crippen LogP contribution in [-0.4, -0.2) is 0 Å². The predicted octanol–water partition coefficient (Wildman–Crippen LogP) is 6.76. The van der Waals surface area contributed by atoms with Crippen molar-refractivity contribution in [1.29, 1.82) is 0 Å². The Bertz CT molecular complexity index is 931. The Morgan fingerprint density at radius 1 is 0.478 bits per heavy atom. The average molecular weight is 314 g/mol. The molecule has 23 heavy (non-hydrogen) atoms. The highest BCUT2D eigenvalue weighted by Crippen LogP contribution is 2.38. The maximum atomic E-state index is 2.25. The Morgan fingerprint density at radius 3 is 1.30 bits per heavy atom. The van der Waals surface area contributed by atoms with Gasteiger partial charge in [-0.05, 0) is 58.7 Å². The number of fused-ring (bicyclic) bond motifs is 2. The van der Waals surface area contributed by atoms with Gasteiger partial charge in [0.2, 0.25) is 0 Å². The van der Waals surface area contributed by atoms with Crippen molar-refractivity contribution in [3.8, 4) is 0 Å². The molecule has 0 saturated heterocycles. The summed E-state index contributed by atoms with van der Waals surface area (Å²) in [6, 6.07) is 26.3. The largest absolute Gasteiger partial charge is 0.0888 e. The van der Waals surface area contributed by atoms with Crippen molar-refractivity contribution in [3.63, 3.8) is 0 Å². The highest BCUT2D eigenvalue weighted by Gasteiger charge is 2.08. The molecule has 0 saturated carbocycles. The fourth-order valence-corrected chi connectivity index (χ4v) is 4.23. The Labute approximate surface area is 141 Å². The molecule has 0 unspecified atom stereocenters. The van der Waals surface area contributed by atoms with E-state index in [1.54, 1.807) is 0 Å². The first kappa shape index (κ1) is 14.3. The zero-order chi connectivity index (χ0) is 15.8. The van der Waals surface area contributed by atoms with E-state index in [2.05, 4.69) is 86.6 Å². The van der Waals surface area contributed by atoms with E-state index in [1.165, 1.54) is 42.5 Å². The topological polar surface area (TPSA) is 0 Å². The molecule has 0 heterocycles. The second-order valence-electron chi connectivity index (χ2n) is 5.95. The highest BCUT2D eigenvalue weighted by atomic mass is 32.2. The zero-order valence-corrected chi connectivity index (χ0v) is 14.2. The van der Waals surface area contributed by atoms with Gasteiger partial charge in [-0.2, -0.15) is 0 Å². The third-order valence-corrected chi connectivity index (χ3v) is 5.58. The Kier molecular flexibility index (Phi) is 3.59. The highest BCUT2D eigenvalue weighted by molar-refractivity contribution is 7.99. The van der Waals surface area contributed by atoms with Crippen molar-refractivity contribution in [2.45, 2.75) is 23.6 Å². The molecule has 0 aliphatic heterocycles. The van der Waals surface area contributed by atoms with E-state index in [1.807, 2.05) is 11.8 Å². The van der Waals surface area contributed by atoms with E-state index >= 15 is 0 Å². The molecule has 0 nitrogen and oxygen atoms in total. The number of aryl methyl sites for hydroxylation is 2. The van der Waals surface area contributed by atoms with Gasteiger partial charge in [0.25, 0.3) is 0 Å². The summed E-state index contributed by atoms with van der Waals surface area (Å²) in [5, 5.41) is 5.35. The first-order chi connectivity index (χ1) is 11.2. The lowest BCUT2D eigenvalue weighted by atomic mass is 10.1. The lowest BCUT2D eigenvalue weighted by Gasteiger charge is -2.11. The summed E-state index contributed by atoms with van der Waals surface area (Å²) >= 11 is 1.86. The second kappa shape index (κ2) is 5.75. The van der Waals surface area contributed by atoms with Gasteiger partial charge in [0.15, 0.2) is 0 Å². The molecule has 0 aromatic heterocycles. The van der Waals surface area contributed by atoms with Crippen molar-refractivity contribution in [1.82, 2.24) is 0 Å². The average Bonchev–Trinajstić information content (AvgIpc) is 2.60. The van der Waals surface area contributed by atoms with Crippen molar-refractivity contribution in [2.75, 3.05) is 0 Å². The van der Waals surface area contributed by atoms with Crippen LogP contribution in [0, 0.1) is 13.8 Å². The van der Waals surface area contributed by atoms with Gasteiger partial charge >= 0.3 is 0 Å². The fraction of sp³-hybridized carbons (Fsp3) is 0.0909. The summed E-state index contributed by atoms with van der Waals surface area (Å²) in [5.41, 5.74) is 2.66. The third kappa shape index (κ3) is 2.51. The molecule has 0 aliphatic rings. The van der Waals surface area contributed by atoms with Crippen LogP contribution >= 0.6 is 11.8 Å². The number of hydrogen-bond acceptors (Lipinski definition) is 1. The summed E-state index contributed by atoms with van der Waals surface area (Å²) in [6.07, 6.45) is 0. The third-order valence-electron chi connectivity index (χ3n) is 4.42. The van der Waals surface area contributed by atoms with Gasteiger partial charge in [0.1, 0.15) is 0 Å². The van der Waals surface area contributed by atoms with E-state index in [9.17, 15) is 0 Å². The Balaban J connectivity index is 1.89. The number of hydrogen-bond donors (Lipinski definition) is 0. The lowest BCUT2D eigenvalue weighted by Crippen LogP contribution is -1.84. The van der Waals surface area contributed by atoms with Crippen LogP contribution in [0.15, 0.2) is 82.6 Å².